The van der Waals surface area contributed by atoms with Crippen molar-refractivity contribution in [2.75, 3.05) is 10.6 Å². The molecule has 0 unspecified atom stereocenters. The summed E-state index contributed by atoms with van der Waals surface area (Å²) in [6.45, 7) is 1.72. The van der Waals surface area contributed by atoms with Crippen LogP contribution in [0.2, 0.25) is 0 Å². The van der Waals surface area contributed by atoms with E-state index in [0.717, 1.165) is 17.0 Å². The molecule has 3 rings (SSSR count). The summed E-state index contributed by atoms with van der Waals surface area (Å²) < 4.78 is 14.4. The van der Waals surface area contributed by atoms with Crippen LogP contribution in [0, 0.1) is 5.82 Å². The number of amides is 2. The summed E-state index contributed by atoms with van der Waals surface area (Å²) in [6, 6.07) is 9.27. The van der Waals surface area contributed by atoms with Gasteiger partial charge in [-0.3, -0.25) is 14.6 Å². The van der Waals surface area contributed by atoms with E-state index in [4.69, 9.17) is 11.5 Å². The zero-order valence-corrected chi connectivity index (χ0v) is 15.1. The summed E-state index contributed by atoms with van der Waals surface area (Å²) in [6.07, 6.45) is 2.00. The van der Waals surface area contributed by atoms with Gasteiger partial charge in [0.1, 0.15) is 11.9 Å². The number of pyridine rings is 2. The van der Waals surface area contributed by atoms with Crippen LogP contribution in [0.3, 0.4) is 0 Å². The lowest BCUT2D eigenvalue weighted by atomic mass is 10.1. The Morgan fingerprint density at radius 1 is 1.18 bits per heavy atom. The van der Waals surface area contributed by atoms with Crippen molar-refractivity contribution in [2.45, 2.75) is 19.4 Å². The molecule has 1 aromatic carbocycles. The fourth-order valence-corrected chi connectivity index (χ4v) is 2.69. The maximum Gasteiger partial charge on any atom is 0.252 e. The Morgan fingerprint density at radius 3 is 2.64 bits per heavy atom. The lowest BCUT2D eigenvalue weighted by Crippen LogP contribution is -2.35. The second-order valence-electron chi connectivity index (χ2n) is 6.12. The molecule has 0 bridgehead atoms. The van der Waals surface area contributed by atoms with E-state index < -0.39 is 23.7 Å². The normalized spacial score (nSPS) is 11.8. The van der Waals surface area contributed by atoms with E-state index in [1.807, 2.05) is 18.2 Å². The second kappa shape index (κ2) is 7.87. The van der Waals surface area contributed by atoms with Gasteiger partial charge in [0.25, 0.3) is 5.91 Å². The highest BCUT2D eigenvalue weighted by atomic mass is 19.1. The largest absolute Gasteiger partial charge is 0.368 e. The fraction of sp³-hybridized carbons (Fsp3) is 0.158. The first kappa shape index (κ1) is 19.0. The third-order valence-corrected chi connectivity index (χ3v) is 4.17. The van der Waals surface area contributed by atoms with Gasteiger partial charge < -0.3 is 22.1 Å². The number of hydrogen-bond donors (Lipinski definition) is 4. The highest BCUT2D eigenvalue weighted by Gasteiger charge is 2.20. The summed E-state index contributed by atoms with van der Waals surface area (Å²) in [4.78, 5) is 31.6. The number of anilines is 3. The molecular formula is C19H19FN6O2. The van der Waals surface area contributed by atoms with Crippen molar-refractivity contribution in [1.82, 2.24) is 9.97 Å². The van der Waals surface area contributed by atoms with Crippen LogP contribution < -0.4 is 22.1 Å². The third kappa shape index (κ3) is 3.98. The minimum atomic E-state index is -0.846. The van der Waals surface area contributed by atoms with Crippen LogP contribution in [0.4, 0.5) is 21.7 Å². The van der Waals surface area contributed by atoms with Gasteiger partial charge in [-0.05, 0) is 30.7 Å². The SMILES string of the molecule is CC[C@@H](Nc1nc(Nc2ccc3cccnc3c2)c(C(N)=O)cc1F)C(N)=O. The van der Waals surface area contributed by atoms with E-state index in [1.54, 1.807) is 25.3 Å². The number of fused-ring (bicyclic) bond motifs is 1. The van der Waals surface area contributed by atoms with Crippen molar-refractivity contribution < 1.29 is 14.0 Å². The number of rotatable bonds is 7. The Morgan fingerprint density at radius 2 is 1.96 bits per heavy atom. The molecule has 0 aliphatic carbocycles. The Labute approximate surface area is 160 Å². The first-order valence-corrected chi connectivity index (χ1v) is 8.57. The number of nitrogens with two attached hydrogens (primary N) is 2. The second-order valence-corrected chi connectivity index (χ2v) is 6.12. The number of nitrogens with zero attached hydrogens (tertiary/aromatic N) is 2. The van der Waals surface area contributed by atoms with Crippen molar-refractivity contribution in [2.24, 2.45) is 11.5 Å². The van der Waals surface area contributed by atoms with Gasteiger partial charge in [-0.1, -0.05) is 19.1 Å². The van der Waals surface area contributed by atoms with Crippen LogP contribution >= 0.6 is 0 Å². The van der Waals surface area contributed by atoms with Crippen molar-refractivity contribution in [1.29, 1.82) is 0 Å². The minimum Gasteiger partial charge on any atom is -0.368 e. The van der Waals surface area contributed by atoms with Gasteiger partial charge >= 0.3 is 0 Å². The van der Waals surface area contributed by atoms with E-state index in [9.17, 15) is 14.0 Å². The first-order chi connectivity index (χ1) is 13.4. The zero-order valence-electron chi connectivity index (χ0n) is 15.1. The molecule has 6 N–H and O–H groups in total. The van der Waals surface area contributed by atoms with E-state index in [-0.39, 0.29) is 17.2 Å². The number of carbonyl (C=O) groups is 2. The number of halogens is 1. The van der Waals surface area contributed by atoms with E-state index in [0.29, 0.717) is 12.1 Å². The lowest BCUT2D eigenvalue weighted by Gasteiger charge is -2.17. The molecule has 0 radical (unpaired) electrons. The van der Waals surface area contributed by atoms with Crippen LogP contribution in [0.25, 0.3) is 10.9 Å². The molecule has 1 atom stereocenters. The van der Waals surface area contributed by atoms with Crippen molar-refractivity contribution in [3.63, 3.8) is 0 Å². The number of benzene rings is 1. The molecule has 0 saturated carbocycles. The standard InChI is InChI=1S/C19H19FN6O2/c1-2-14(17(22)28)25-19-13(20)9-12(16(21)27)18(26-19)24-11-6-5-10-4-3-7-23-15(10)8-11/h3-9,14H,2H2,1H3,(H2,21,27)(H2,22,28)(H2,24,25,26)/t14-/m1/s1. The monoisotopic (exact) mass is 382 g/mol. The maximum absolute atomic E-state index is 14.4. The molecule has 8 nitrogen and oxygen atoms in total. The van der Waals surface area contributed by atoms with Crippen LogP contribution in [-0.2, 0) is 4.79 Å². The topological polar surface area (TPSA) is 136 Å². The molecular weight excluding hydrogens is 363 g/mol. The average molecular weight is 382 g/mol. The zero-order chi connectivity index (χ0) is 20.3. The Bertz CT molecular complexity index is 1060. The molecule has 0 fully saturated rings. The number of hydrogen-bond acceptors (Lipinski definition) is 6. The Balaban J connectivity index is 2.00. The van der Waals surface area contributed by atoms with Gasteiger partial charge in [-0.2, -0.15) is 0 Å². The molecule has 0 saturated heterocycles. The minimum absolute atomic E-state index is 0.0472. The quantitative estimate of drug-likeness (QED) is 0.495. The van der Waals surface area contributed by atoms with Gasteiger partial charge in [-0.25, -0.2) is 9.37 Å². The first-order valence-electron chi connectivity index (χ1n) is 8.57. The summed E-state index contributed by atoms with van der Waals surface area (Å²) >= 11 is 0. The molecule has 0 aliphatic heterocycles. The van der Waals surface area contributed by atoms with Crippen molar-refractivity contribution in [3.05, 3.63) is 54.0 Å². The molecule has 0 aliphatic rings. The third-order valence-electron chi connectivity index (χ3n) is 4.17. The maximum atomic E-state index is 14.4. The molecule has 2 aromatic heterocycles. The van der Waals surface area contributed by atoms with Gasteiger partial charge in [0.05, 0.1) is 11.1 Å². The van der Waals surface area contributed by atoms with E-state index in [1.165, 1.54) is 0 Å². The number of primary amides is 2. The number of carbonyl (C=O) groups excluding carboxylic acids is 2. The molecule has 28 heavy (non-hydrogen) atoms. The van der Waals surface area contributed by atoms with Crippen molar-refractivity contribution in [3.8, 4) is 0 Å². The van der Waals surface area contributed by atoms with Gasteiger partial charge in [-0.15, -0.1) is 0 Å². The highest BCUT2D eigenvalue weighted by Crippen LogP contribution is 2.26. The van der Waals surface area contributed by atoms with Gasteiger partial charge in [0, 0.05) is 17.3 Å². The predicted octanol–water partition coefficient (Wildman–Crippen LogP) is 2.29. The molecule has 9 heteroatoms. The summed E-state index contributed by atoms with van der Waals surface area (Å²) in [5.41, 5.74) is 11.8. The molecule has 2 amide bonds. The van der Waals surface area contributed by atoms with Gasteiger partial charge in [0.2, 0.25) is 5.91 Å². The van der Waals surface area contributed by atoms with Crippen molar-refractivity contribution >= 4 is 40.0 Å². The summed E-state index contributed by atoms with van der Waals surface area (Å²) in [7, 11) is 0. The van der Waals surface area contributed by atoms with E-state index >= 15 is 0 Å². The lowest BCUT2D eigenvalue weighted by molar-refractivity contribution is -0.118. The number of nitrogens with one attached hydrogen (secondary N) is 2. The predicted molar refractivity (Wildman–Crippen MR) is 105 cm³/mol. The van der Waals surface area contributed by atoms with E-state index in [2.05, 4.69) is 20.6 Å². The number of aromatic nitrogens is 2. The molecule has 3 aromatic rings. The van der Waals surface area contributed by atoms with Crippen LogP contribution in [0.15, 0.2) is 42.6 Å². The molecule has 2 heterocycles. The molecule has 144 valence electrons. The van der Waals surface area contributed by atoms with Crippen LogP contribution in [0.5, 0.6) is 0 Å². The average Bonchev–Trinajstić information content (AvgIpc) is 2.67. The summed E-state index contributed by atoms with van der Waals surface area (Å²) in [5.74, 6) is -2.47. The fourth-order valence-electron chi connectivity index (χ4n) is 2.69. The smallest absolute Gasteiger partial charge is 0.252 e. The summed E-state index contributed by atoms with van der Waals surface area (Å²) in [5, 5.41) is 6.55. The Kier molecular flexibility index (Phi) is 5.35. The van der Waals surface area contributed by atoms with Crippen LogP contribution in [0.1, 0.15) is 23.7 Å². The van der Waals surface area contributed by atoms with Gasteiger partial charge in [0.15, 0.2) is 11.6 Å². The molecule has 0 spiro atoms. The Hall–Kier alpha value is -3.75. The van der Waals surface area contributed by atoms with Crippen LogP contribution in [-0.4, -0.2) is 27.8 Å². The highest BCUT2D eigenvalue weighted by molar-refractivity contribution is 5.99.